The van der Waals surface area contributed by atoms with Gasteiger partial charge in [-0.15, -0.1) is 0 Å². The Hall–Kier alpha value is -1.84. The third-order valence-electron chi connectivity index (χ3n) is 4.66. The summed E-state index contributed by atoms with van der Waals surface area (Å²) in [6, 6.07) is 17.1. The van der Waals surface area contributed by atoms with Crippen molar-refractivity contribution in [2.24, 2.45) is 0 Å². The van der Waals surface area contributed by atoms with E-state index < -0.39 is 0 Å². The molecule has 23 heavy (non-hydrogen) atoms. The lowest BCUT2D eigenvalue weighted by atomic mass is 10.1. The molecule has 0 atom stereocenters. The van der Waals surface area contributed by atoms with Crippen molar-refractivity contribution < 1.29 is 4.74 Å². The molecule has 2 aromatic rings. The molecule has 0 aliphatic carbocycles. The molecule has 3 rings (SSSR count). The second kappa shape index (κ2) is 7.62. The summed E-state index contributed by atoms with van der Waals surface area (Å²) in [5, 5.41) is 0. The quantitative estimate of drug-likeness (QED) is 0.842. The van der Waals surface area contributed by atoms with Gasteiger partial charge in [0.25, 0.3) is 0 Å². The molecule has 2 aromatic carbocycles. The van der Waals surface area contributed by atoms with Crippen molar-refractivity contribution >= 4 is 0 Å². The lowest BCUT2D eigenvalue weighted by molar-refractivity contribution is 0.122. The lowest BCUT2D eigenvalue weighted by Crippen LogP contribution is -2.45. The number of hydrogen-bond donors (Lipinski definition) is 0. The third-order valence-corrected chi connectivity index (χ3v) is 4.66. The fourth-order valence-electron chi connectivity index (χ4n) is 3.16. The van der Waals surface area contributed by atoms with E-state index >= 15 is 0 Å². The highest BCUT2D eigenvalue weighted by Gasteiger charge is 2.17. The first-order valence-electron chi connectivity index (χ1n) is 8.37. The molecule has 1 saturated heterocycles. The standard InChI is InChI=1S/C20H26N2O/c1-17-6-3-4-8-19(17)16-22-12-10-21(11-13-22)15-18-7-5-9-20(14-18)23-2/h3-9,14H,10-13,15-16H2,1-2H3. The number of rotatable bonds is 5. The Kier molecular flexibility index (Phi) is 5.31. The van der Waals surface area contributed by atoms with Crippen molar-refractivity contribution in [2.45, 2.75) is 20.0 Å². The zero-order valence-electron chi connectivity index (χ0n) is 14.2. The van der Waals surface area contributed by atoms with Crippen LogP contribution in [0, 0.1) is 6.92 Å². The molecule has 3 heteroatoms. The fraction of sp³-hybridized carbons (Fsp3) is 0.400. The van der Waals surface area contributed by atoms with Gasteiger partial charge >= 0.3 is 0 Å². The number of piperazine rings is 1. The van der Waals surface area contributed by atoms with Gasteiger partial charge in [-0.05, 0) is 35.7 Å². The Bertz CT molecular complexity index is 633. The van der Waals surface area contributed by atoms with Gasteiger partial charge in [-0.25, -0.2) is 0 Å². The highest BCUT2D eigenvalue weighted by molar-refractivity contribution is 5.28. The molecule has 0 spiro atoms. The minimum absolute atomic E-state index is 0.945. The highest BCUT2D eigenvalue weighted by atomic mass is 16.5. The molecule has 1 fully saturated rings. The van der Waals surface area contributed by atoms with Gasteiger partial charge in [0.2, 0.25) is 0 Å². The number of nitrogens with zero attached hydrogens (tertiary/aromatic N) is 2. The van der Waals surface area contributed by atoms with Gasteiger partial charge in [0.05, 0.1) is 7.11 Å². The normalized spacial score (nSPS) is 16.4. The molecule has 1 heterocycles. The molecule has 3 nitrogen and oxygen atoms in total. The van der Waals surface area contributed by atoms with Crippen molar-refractivity contribution in [3.63, 3.8) is 0 Å². The van der Waals surface area contributed by atoms with Crippen LogP contribution in [0.2, 0.25) is 0 Å². The largest absolute Gasteiger partial charge is 0.497 e. The summed E-state index contributed by atoms with van der Waals surface area (Å²) in [7, 11) is 1.73. The van der Waals surface area contributed by atoms with Gasteiger partial charge < -0.3 is 4.74 Å². The van der Waals surface area contributed by atoms with Gasteiger partial charge in [0, 0.05) is 39.3 Å². The van der Waals surface area contributed by atoms with Crippen molar-refractivity contribution in [1.29, 1.82) is 0 Å². The summed E-state index contributed by atoms with van der Waals surface area (Å²) in [6.07, 6.45) is 0. The number of methoxy groups -OCH3 is 1. The van der Waals surface area contributed by atoms with Crippen LogP contribution >= 0.6 is 0 Å². The van der Waals surface area contributed by atoms with E-state index in [9.17, 15) is 0 Å². The Morgan fingerprint density at radius 3 is 2.26 bits per heavy atom. The van der Waals surface area contributed by atoms with Crippen LogP contribution in [0.15, 0.2) is 48.5 Å². The molecule has 0 amide bonds. The maximum absolute atomic E-state index is 5.31. The van der Waals surface area contributed by atoms with E-state index in [1.165, 1.54) is 16.7 Å². The molecule has 0 bridgehead atoms. The fourth-order valence-corrected chi connectivity index (χ4v) is 3.16. The predicted molar refractivity (Wildman–Crippen MR) is 94.7 cm³/mol. The molecule has 122 valence electrons. The second-order valence-corrected chi connectivity index (χ2v) is 6.33. The second-order valence-electron chi connectivity index (χ2n) is 6.33. The van der Waals surface area contributed by atoms with Crippen LogP contribution in [0.5, 0.6) is 5.75 Å². The van der Waals surface area contributed by atoms with Crippen LogP contribution in [0.1, 0.15) is 16.7 Å². The van der Waals surface area contributed by atoms with Crippen LogP contribution in [-0.4, -0.2) is 43.1 Å². The highest BCUT2D eigenvalue weighted by Crippen LogP contribution is 2.16. The third kappa shape index (κ3) is 4.34. The smallest absolute Gasteiger partial charge is 0.119 e. The zero-order chi connectivity index (χ0) is 16.1. The average Bonchev–Trinajstić information content (AvgIpc) is 2.59. The molecular formula is C20H26N2O. The number of hydrogen-bond acceptors (Lipinski definition) is 3. The van der Waals surface area contributed by atoms with Crippen LogP contribution < -0.4 is 4.74 Å². The van der Waals surface area contributed by atoms with Gasteiger partial charge in [-0.2, -0.15) is 0 Å². The van der Waals surface area contributed by atoms with Crippen LogP contribution in [0.3, 0.4) is 0 Å². The van der Waals surface area contributed by atoms with Crippen molar-refractivity contribution in [1.82, 2.24) is 9.80 Å². The molecule has 0 N–H and O–H groups in total. The molecular weight excluding hydrogens is 284 g/mol. The van der Waals surface area contributed by atoms with Crippen molar-refractivity contribution in [3.8, 4) is 5.75 Å². The Morgan fingerprint density at radius 2 is 1.57 bits per heavy atom. The SMILES string of the molecule is COc1cccc(CN2CCN(Cc3ccccc3C)CC2)c1. The van der Waals surface area contributed by atoms with E-state index in [1.807, 2.05) is 6.07 Å². The Balaban J connectivity index is 1.51. The van der Waals surface area contributed by atoms with Gasteiger partial charge in [-0.3, -0.25) is 9.80 Å². The first kappa shape index (κ1) is 16.0. The van der Waals surface area contributed by atoms with Crippen LogP contribution in [-0.2, 0) is 13.1 Å². The zero-order valence-corrected chi connectivity index (χ0v) is 14.2. The molecule has 0 unspecified atom stereocenters. The van der Waals surface area contributed by atoms with E-state index in [2.05, 4.69) is 59.2 Å². The van der Waals surface area contributed by atoms with E-state index in [-0.39, 0.29) is 0 Å². The summed E-state index contributed by atoms with van der Waals surface area (Å²) < 4.78 is 5.31. The number of aryl methyl sites for hydroxylation is 1. The minimum Gasteiger partial charge on any atom is -0.497 e. The minimum atomic E-state index is 0.945. The monoisotopic (exact) mass is 310 g/mol. The van der Waals surface area contributed by atoms with Crippen LogP contribution in [0.4, 0.5) is 0 Å². The van der Waals surface area contributed by atoms with E-state index in [0.29, 0.717) is 0 Å². The first-order valence-corrected chi connectivity index (χ1v) is 8.37. The van der Waals surface area contributed by atoms with Crippen molar-refractivity contribution in [2.75, 3.05) is 33.3 Å². The van der Waals surface area contributed by atoms with Gasteiger partial charge in [0.15, 0.2) is 0 Å². The Labute approximate surface area is 139 Å². The number of benzene rings is 2. The summed E-state index contributed by atoms with van der Waals surface area (Å²) in [5.74, 6) is 0.945. The van der Waals surface area contributed by atoms with Gasteiger partial charge in [-0.1, -0.05) is 36.4 Å². The number of ether oxygens (including phenoxy) is 1. The van der Waals surface area contributed by atoms with Crippen LogP contribution in [0.25, 0.3) is 0 Å². The first-order chi connectivity index (χ1) is 11.2. The summed E-state index contributed by atoms with van der Waals surface area (Å²) in [6.45, 7) is 8.81. The molecule has 1 aliphatic rings. The molecule has 0 radical (unpaired) electrons. The van der Waals surface area contributed by atoms with E-state index in [1.54, 1.807) is 7.11 Å². The Morgan fingerprint density at radius 1 is 0.870 bits per heavy atom. The van der Waals surface area contributed by atoms with Crippen molar-refractivity contribution in [3.05, 3.63) is 65.2 Å². The molecule has 0 saturated carbocycles. The summed E-state index contributed by atoms with van der Waals surface area (Å²) in [5.41, 5.74) is 4.18. The predicted octanol–water partition coefficient (Wildman–Crippen LogP) is 3.32. The molecule has 0 aromatic heterocycles. The topological polar surface area (TPSA) is 15.7 Å². The maximum atomic E-state index is 5.31. The van der Waals surface area contributed by atoms with Gasteiger partial charge in [0.1, 0.15) is 5.75 Å². The summed E-state index contributed by atoms with van der Waals surface area (Å²) >= 11 is 0. The summed E-state index contributed by atoms with van der Waals surface area (Å²) in [4.78, 5) is 5.09. The molecule has 1 aliphatic heterocycles. The lowest BCUT2D eigenvalue weighted by Gasteiger charge is -2.35. The van der Waals surface area contributed by atoms with E-state index in [4.69, 9.17) is 4.74 Å². The van der Waals surface area contributed by atoms with E-state index in [0.717, 1.165) is 45.0 Å². The maximum Gasteiger partial charge on any atom is 0.119 e. The average molecular weight is 310 g/mol.